The fourth-order valence-corrected chi connectivity index (χ4v) is 2.52. The van der Waals surface area contributed by atoms with Crippen LogP contribution in [-0.2, 0) is 0 Å². The Kier molecular flexibility index (Phi) is 4.02. The highest BCUT2D eigenvalue weighted by atomic mass is 35.5. The third-order valence-electron chi connectivity index (χ3n) is 3.26. The third kappa shape index (κ3) is 2.86. The second kappa shape index (κ2) is 5.51. The molecule has 4 heteroatoms. The van der Waals surface area contributed by atoms with Crippen molar-refractivity contribution in [2.75, 3.05) is 11.9 Å². The number of pyridine rings is 1. The Morgan fingerprint density at radius 2 is 2.19 bits per heavy atom. The monoisotopic (exact) mass is 239 g/mol. The van der Waals surface area contributed by atoms with Crippen LogP contribution in [0.1, 0.15) is 25.7 Å². The number of rotatable bonds is 3. The Morgan fingerprint density at radius 3 is 2.94 bits per heavy atom. The van der Waals surface area contributed by atoms with Crippen LogP contribution in [0.4, 0.5) is 5.82 Å². The van der Waals surface area contributed by atoms with Gasteiger partial charge >= 0.3 is 0 Å². The van der Waals surface area contributed by atoms with Gasteiger partial charge in [0.05, 0.1) is 0 Å². The molecule has 1 aliphatic carbocycles. The summed E-state index contributed by atoms with van der Waals surface area (Å²) in [5.74, 6) is 1.42. The van der Waals surface area contributed by atoms with Crippen molar-refractivity contribution in [2.24, 2.45) is 11.7 Å². The highest BCUT2D eigenvalue weighted by molar-refractivity contribution is 6.29. The van der Waals surface area contributed by atoms with Crippen LogP contribution in [0.25, 0.3) is 0 Å². The van der Waals surface area contributed by atoms with Gasteiger partial charge in [-0.3, -0.25) is 0 Å². The zero-order valence-electron chi connectivity index (χ0n) is 9.32. The average Bonchev–Trinajstić information content (AvgIpc) is 2.30. The van der Waals surface area contributed by atoms with Gasteiger partial charge in [0.2, 0.25) is 0 Å². The lowest BCUT2D eigenvalue weighted by molar-refractivity contribution is 0.332. The maximum atomic E-state index is 5.86. The predicted octanol–water partition coefficient (Wildman–Crippen LogP) is 2.66. The van der Waals surface area contributed by atoms with E-state index in [9.17, 15) is 0 Å². The van der Waals surface area contributed by atoms with E-state index in [-0.39, 0.29) is 0 Å². The molecule has 1 fully saturated rings. The standard InChI is InChI=1S/C12H18ClN3/c13-11-6-3-7-12(16-11)15-10-5-2-1-4-9(10)8-14/h3,6-7,9-10H,1-2,4-5,8,14H2,(H,15,16). The average molecular weight is 240 g/mol. The number of nitrogens with zero attached hydrogens (tertiary/aromatic N) is 1. The van der Waals surface area contributed by atoms with E-state index < -0.39 is 0 Å². The van der Waals surface area contributed by atoms with Crippen LogP contribution >= 0.6 is 11.6 Å². The van der Waals surface area contributed by atoms with Crippen molar-refractivity contribution in [2.45, 2.75) is 31.7 Å². The molecule has 0 spiro atoms. The summed E-state index contributed by atoms with van der Waals surface area (Å²) in [5, 5.41) is 3.98. The lowest BCUT2D eigenvalue weighted by atomic mass is 9.84. The first-order chi connectivity index (χ1) is 7.79. The van der Waals surface area contributed by atoms with Crippen molar-refractivity contribution in [3.05, 3.63) is 23.4 Å². The molecule has 2 atom stereocenters. The van der Waals surface area contributed by atoms with Gasteiger partial charge in [-0.05, 0) is 37.4 Å². The number of hydrogen-bond donors (Lipinski definition) is 2. The van der Waals surface area contributed by atoms with E-state index in [4.69, 9.17) is 17.3 Å². The van der Waals surface area contributed by atoms with Crippen molar-refractivity contribution in [1.29, 1.82) is 0 Å². The van der Waals surface area contributed by atoms with Crippen LogP contribution < -0.4 is 11.1 Å². The van der Waals surface area contributed by atoms with Crippen molar-refractivity contribution in [1.82, 2.24) is 4.98 Å². The summed E-state index contributed by atoms with van der Waals surface area (Å²) in [6.45, 7) is 0.748. The molecule has 1 aromatic rings. The van der Waals surface area contributed by atoms with E-state index in [2.05, 4.69) is 10.3 Å². The number of nitrogens with two attached hydrogens (primary N) is 1. The van der Waals surface area contributed by atoms with Crippen molar-refractivity contribution >= 4 is 17.4 Å². The Morgan fingerprint density at radius 1 is 1.38 bits per heavy atom. The zero-order valence-corrected chi connectivity index (χ0v) is 10.1. The molecule has 0 bridgehead atoms. The molecule has 2 rings (SSSR count). The zero-order chi connectivity index (χ0) is 11.4. The second-order valence-corrected chi connectivity index (χ2v) is 4.76. The number of nitrogens with one attached hydrogen (secondary N) is 1. The summed E-state index contributed by atoms with van der Waals surface area (Å²) in [4.78, 5) is 4.25. The van der Waals surface area contributed by atoms with Crippen LogP contribution in [0, 0.1) is 5.92 Å². The minimum atomic E-state index is 0.449. The van der Waals surface area contributed by atoms with E-state index in [1.807, 2.05) is 12.1 Å². The summed E-state index contributed by atoms with van der Waals surface area (Å²) in [5.41, 5.74) is 5.79. The predicted molar refractivity (Wildman–Crippen MR) is 67.7 cm³/mol. The van der Waals surface area contributed by atoms with Gasteiger partial charge in [-0.2, -0.15) is 0 Å². The highest BCUT2D eigenvalue weighted by Gasteiger charge is 2.23. The van der Waals surface area contributed by atoms with Gasteiger partial charge in [0, 0.05) is 6.04 Å². The highest BCUT2D eigenvalue weighted by Crippen LogP contribution is 2.26. The van der Waals surface area contributed by atoms with Crippen molar-refractivity contribution in [3.8, 4) is 0 Å². The van der Waals surface area contributed by atoms with Crippen LogP contribution in [0.2, 0.25) is 5.15 Å². The topological polar surface area (TPSA) is 50.9 Å². The van der Waals surface area contributed by atoms with E-state index in [0.29, 0.717) is 17.1 Å². The van der Waals surface area contributed by atoms with E-state index in [0.717, 1.165) is 12.4 Å². The third-order valence-corrected chi connectivity index (χ3v) is 3.47. The van der Waals surface area contributed by atoms with Gasteiger partial charge in [0.1, 0.15) is 11.0 Å². The molecule has 0 aliphatic heterocycles. The van der Waals surface area contributed by atoms with E-state index >= 15 is 0 Å². The molecule has 88 valence electrons. The largest absolute Gasteiger partial charge is 0.367 e. The summed E-state index contributed by atoms with van der Waals surface area (Å²) in [7, 11) is 0. The van der Waals surface area contributed by atoms with E-state index in [1.54, 1.807) is 6.07 Å². The summed E-state index contributed by atoms with van der Waals surface area (Å²) < 4.78 is 0. The summed E-state index contributed by atoms with van der Waals surface area (Å²) >= 11 is 5.86. The maximum absolute atomic E-state index is 5.86. The minimum absolute atomic E-state index is 0.449. The normalized spacial score (nSPS) is 25.4. The molecule has 1 aliphatic rings. The number of aromatic nitrogens is 1. The van der Waals surface area contributed by atoms with Crippen LogP contribution in [-0.4, -0.2) is 17.6 Å². The maximum Gasteiger partial charge on any atom is 0.131 e. The smallest absolute Gasteiger partial charge is 0.131 e. The first kappa shape index (κ1) is 11.7. The Balaban J connectivity index is 2.02. The lowest BCUT2D eigenvalue weighted by Crippen LogP contribution is -2.36. The van der Waals surface area contributed by atoms with Gasteiger partial charge in [-0.1, -0.05) is 30.5 Å². The molecular weight excluding hydrogens is 222 g/mol. The van der Waals surface area contributed by atoms with Crippen molar-refractivity contribution in [3.63, 3.8) is 0 Å². The van der Waals surface area contributed by atoms with Crippen LogP contribution in [0.3, 0.4) is 0 Å². The molecule has 3 nitrogen and oxygen atoms in total. The SMILES string of the molecule is NCC1CCCCC1Nc1cccc(Cl)n1. The molecule has 0 radical (unpaired) electrons. The fraction of sp³-hybridized carbons (Fsp3) is 0.583. The fourth-order valence-electron chi connectivity index (χ4n) is 2.36. The molecule has 0 saturated heterocycles. The van der Waals surface area contributed by atoms with Gasteiger partial charge in [0.25, 0.3) is 0 Å². The van der Waals surface area contributed by atoms with Gasteiger partial charge in [0.15, 0.2) is 0 Å². The molecule has 0 aromatic carbocycles. The van der Waals surface area contributed by atoms with Gasteiger partial charge in [-0.25, -0.2) is 4.98 Å². The Hall–Kier alpha value is -0.800. The molecule has 1 aromatic heterocycles. The Labute approximate surface area is 101 Å². The number of halogens is 1. The minimum Gasteiger partial charge on any atom is -0.367 e. The molecule has 0 amide bonds. The number of anilines is 1. The first-order valence-corrected chi connectivity index (χ1v) is 6.26. The lowest BCUT2D eigenvalue weighted by Gasteiger charge is -2.31. The molecule has 3 N–H and O–H groups in total. The quantitative estimate of drug-likeness (QED) is 0.798. The van der Waals surface area contributed by atoms with E-state index in [1.165, 1.54) is 25.7 Å². The summed E-state index contributed by atoms with van der Waals surface area (Å²) in [6.07, 6.45) is 4.96. The molecule has 16 heavy (non-hydrogen) atoms. The molecule has 1 saturated carbocycles. The second-order valence-electron chi connectivity index (χ2n) is 4.38. The van der Waals surface area contributed by atoms with Crippen molar-refractivity contribution < 1.29 is 0 Å². The van der Waals surface area contributed by atoms with Crippen LogP contribution in [0.15, 0.2) is 18.2 Å². The summed E-state index contributed by atoms with van der Waals surface area (Å²) in [6, 6.07) is 6.10. The van der Waals surface area contributed by atoms with Gasteiger partial charge < -0.3 is 11.1 Å². The number of hydrogen-bond acceptors (Lipinski definition) is 3. The van der Waals surface area contributed by atoms with Crippen LogP contribution in [0.5, 0.6) is 0 Å². The first-order valence-electron chi connectivity index (χ1n) is 5.89. The molecule has 2 unspecified atom stereocenters. The molecule has 1 heterocycles. The van der Waals surface area contributed by atoms with Gasteiger partial charge in [-0.15, -0.1) is 0 Å². The molecular formula is C12H18ClN3. The Bertz CT molecular complexity index is 343.